The van der Waals surface area contributed by atoms with Crippen LogP contribution in [0, 0.1) is 5.92 Å². The molecule has 2 heterocycles. The minimum absolute atomic E-state index is 0.0241. The van der Waals surface area contributed by atoms with Gasteiger partial charge in [-0.15, -0.1) is 0 Å². The van der Waals surface area contributed by atoms with Crippen LogP contribution in [0.2, 0.25) is 0 Å². The number of aromatic nitrogens is 1. The number of carbonyl (C=O) groups is 1. The SMILES string of the molecule is [N-]=[N+]=NCC1CC(=O)N(c2ccc(Br)nc2N)C1. The Morgan fingerprint density at radius 1 is 1.67 bits per heavy atom. The second-order valence-corrected chi connectivity index (χ2v) is 4.84. The molecule has 0 spiro atoms. The van der Waals surface area contributed by atoms with Gasteiger partial charge in [-0.1, -0.05) is 5.11 Å². The Balaban J connectivity index is 2.18. The highest BCUT2D eigenvalue weighted by Crippen LogP contribution is 2.29. The number of nitrogens with zero attached hydrogens (tertiary/aromatic N) is 5. The van der Waals surface area contributed by atoms with Crippen molar-refractivity contribution in [1.29, 1.82) is 0 Å². The zero-order valence-electron chi connectivity index (χ0n) is 9.45. The molecule has 0 radical (unpaired) electrons. The smallest absolute Gasteiger partial charge is 0.227 e. The molecule has 0 saturated carbocycles. The van der Waals surface area contributed by atoms with Crippen molar-refractivity contribution in [2.45, 2.75) is 6.42 Å². The lowest BCUT2D eigenvalue weighted by Crippen LogP contribution is -2.26. The molecular weight excluding hydrogens is 300 g/mol. The summed E-state index contributed by atoms with van der Waals surface area (Å²) in [5.41, 5.74) is 14.7. The van der Waals surface area contributed by atoms with Crippen LogP contribution in [0.3, 0.4) is 0 Å². The molecule has 0 aliphatic carbocycles. The summed E-state index contributed by atoms with van der Waals surface area (Å²) in [6.07, 6.45) is 0.370. The van der Waals surface area contributed by atoms with Crippen molar-refractivity contribution in [1.82, 2.24) is 4.98 Å². The number of pyridine rings is 1. The molecule has 1 aliphatic rings. The van der Waals surface area contributed by atoms with Crippen molar-refractivity contribution in [3.05, 3.63) is 27.2 Å². The molecule has 1 atom stereocenters. The van der Waals surface area contributed by atoms with Crippen LogP contribution in [0.1, 0.15) is 6.42 Å². The molecule has 1 aliphatic heterocycles. The van der Waals surface area contributed by atoms with Crippen LogP contribution in [0.4, 0.5) is 11.5 Å². The maximum Gasteiger partial charge on any atom is 0.227 e. The van der Waals surface area contributed by atoms with Gasteiger partial charge in [0.2, 0.25) is 5.91 Å². The van der Waals surface area contributed by atoms with Gasteiger partial charge < -0.3 is 10.6 Å². The molecule has 1 amide bonds. The summed E-state index contributed by atoms with van der Waals surface area (Å²) in [7, 11) is 0. The molecule has 0 aromatic carbocycles. The monoisotopic (exact) mass is 310 g/mol. The van der Waals surface area contributed by atoms with E-state index in [-0.39, 0.29) is 11.8 Å². The Kier molecular flexibility index (Phi) is 3.69. The standard InChI is InChI=1S/C10H11BrN6O/c11-8-2-1-7(10(12)15-8)17-5-6(3-9(17)18)4-14-16-13/h1-2,6H,3-5H2,(H2,12,15). The highest BCUT2D eigenvalue weighted by atomic mass is 79.9. The first-order valence-electron chi connectivity index (χ1n) is 5.35. The first-order chi connectivity index (χ1) is 8.61. The molecular formula is C10H11BrN6O. The van der Waals surface area contributed by atoms with Crippen LogP contribution in [0.5, 0.6) is 0 Å². The van der Waals surface area contributed by atoms with E-state index in [0.717, 1.165) is 0 Å². The number of halogens is 1. The summed E-state index contributed by atoms with van der Waals surface area (Å²) < 4.78 is 0.626. The minimum Gasteiger partial charge on any atom is -0.382 e. The molecule has 7 nitrogen and oxygen atoms in total. The van der Waals surface area contributed by atoms with Gasteiger partial charge in [0, 0.05) is 24.4 Å². The zero-order chi connectivity index (χ0) is 13.1. The minimum atomic E-state index is -0.0241. The lowest BCUT2D eigenvalue weighted by Gasteiger charge is -2.17. The van der Waals surface area contributed by atoms with Crippen molar-refractivity contribution >= 4 is 33.3 Å². The first kappa shape index (κ1) is 12.7. The van der Waals surface area contributed by atoms with E-state index in [2.05, 4.69) is 30.9 Å². The molecule has 2 rings (SSSR count). The zero-order valence-corrected chi connectivity index (χ0v) is 11.0. The fourth-order valence-electron chi connectivity index (χ4n) is 1.96. The van der Waals surface area contributed by atoms with Gasteiger partial charge in [-0.25, -0.2) is 4.98 Å². The highest BCUT2D eigenvalue weighted by Gasteiger charge is 2.31. The molecule has 1 aromatic rings. The Bertz CT molecular complexity index is 527. The van der Waals surface area contributed by atoms with E-state index in [0.29, 0.717) is 35.6 Å². The molecule has 8 heteroatoms. The average molecular weight is 311 g/mol. The number of nitrogens with two attached hydrogens (primary N) is 1. The maximum absolute atomic E-state index is 11.9. The molecule has 1 fully saturated rings. The molecule has 0 bridgehead atoms. The van der Waals surface area contributed by atoms with E-state index in [1.54, 1.807) is 17.0 Å². The fraction of sp³-hybridized carbons (Fsp3) is 0.400. The van der Waals surface area contributed by atoms with Gasteiger partial charge in [-0.3, -0.25) is 4.79 Å². The van der Waals surface area contributed by atoms with E-state index in [1.165, 1.54) is 0 Å². The average Bonchev–Trinajstić information content (AvgIpc) is 2.68. The van der Waals surface area contributed by atoms with E-state index in [9.17, 15) is 4.79 Å². The Hall–Kier alpha value is -1.79. The van der Waals surface area contributed by atoms with Crippen molar-refractivity contribution < 1.29 is 4.79 Å². The first-order valence-corrected chi connectivity index (χ1v) is 6.14. The highest BCUT2D eigenvalue weighted by molar-refractivity contribution is 9.10. The third-order valence-electron chi connectivity index (χ3n) is 2.77. The van der Waals surface area contributed by atoms with Crippen LogP contribution in [0.25, 0.3) is 10.4 Å². The number of anilines is 2. The maximum atomic E-state index is 11.9. The summed E-state index contributed by atoms with van der Waals surface area (Å²) in [6.45, 7) is 0.827. The van der Waals surface area contributed by atoms with E-state index in [1.807, 2.05) is 0 Å². The van der Waals surface area contributed by atoms with Crippen molar-refractivity contribution in [3.8, 4) is 0 Å². The molecule has 94 valence electrons. The summed E-state index contributed by atoms with van der Waals surface area (Å²) in [6, 6.07) is 3.49. The summed E-state index contributed by atoms with van der Waals surface area (Å²) in [5.74, 6) is 0.322. The number of carbonyl (C=O) groups excluding carboxylic acids is 1. The van der Waals surface area contributed by atoms with E-state index >= 15 is 0 Å². The van der Waals surface area contributed by atoms with Crippen molar-refractivity contribution in [3.63, 3.8) is 0 Å². The fourth-order valence-corrected chi connectivity index (χ4v) is 2.28. The van der Waals surface area contributed by atoms with Crippen molar-refractivity contribution in [2.75, 3.05) is 23.7 Å². The van der Waals surface area contributed by atoms with Gasteiger partial charge >= 0.3 is 0 Å². The lowest BCUT2D eigenvalue weighted by molar-refractivity contribution is -0.117. The number of nitrogen functional groups attached to an aromatic ring is 1. The topological polar surface area (TPSA) is 108 Å². The quantitative estimate of drug-likeness (QED) is 0.399. The second-order valence-electron chi connectivity index (χ2n) is 4.03. The van der Waals surface area contributed by atoms with Gasteiger partial charge in [0.1, 0.15) is 10.4 Å². The number of azide groups is 1. The third-order valence-corrected chi connectivity index (χ3v) is 3.21. The predicted molar refractivity (Wildman–Crippen MR) is 70.8 cm³/mol. The molecule has 1 unspecified atom stereocenters. The Morgan fingerprint density at radius 2 is 2.44 bits per heavy atom. The number of rotatable bonds is 3. The van der Waals surface area contributed by atoms with Gasteiger partial charge in [0.25, 0.3) is 0 Å². The number of hydrogen-bond acceptors (Lipinski definition) is 4. The molecule has 1 saturated heterocycles. The van der Waals surface area contributed by atoms with Gasteiger partial charge in [-0.05, 0) is 39.5 Å². The van der Waals surface area contributed by atoms with Gasteiger partial charge in [0.15, 0.2) is 0 Å². The summed E-state index contributed by atoms with van der Waals surface area (Å²) in [5, 5.41) is 3.50. The Labute approximate surface area is 112 Å². The molecule has 2 N–H and O–H groups in total. The number of amides is 1. The van der Waals surface area contributed by atoms with E-state index in [4.69, 9.17) is 11.3 Å². The van der Waals surface area contributed by atoms with Crippen LogP contribution in [-0.4, -0.2) is 24.0 Å². The lowest BCUT2D eigenvalue weighted by atomic mass is 10.1. The van der Waals surface area contributed by atoms with Crippen LogP contribution in [0.15, 0.2) is 21.9 Å². The predicted octanol–water partition coefficient (Wildman–Crippen LogP) is 2.09. The Morgan fingerprint density at radius 3 is 3.11 bits per heavy atom. The molecule has 18 heavy (non-hydrogen) atoms. The normalized spacial score (nSPS) is 18.8. The number of hydrogen-bond donors (Lipinski definition) is 1. The van der Waals surface area contributed by atoms with Gasteiger partial charge in [-0.2, -0.15) is 0 Å². The van der Waals surface area contributed by atoms with Gasteiger partial charge in [0.05, 0.1) is 5.69 Å². The largest absolute Gasteiger partial charge is 0.382 e. The van der Waals surface area contributed by atoms with Crippen LogP contribution in [-0.2, 0) is 4.79 Å². The van der Waals surface area contributed by atoms with Crippen LogP contribution >= 0.6 is 15.9 Å². The second kappa shape index (κ2) is 5.24. The summed E-state index contributed by atoms with van der Waals surface area (Å²) >= 11 is 3.22. The van der Waals surface area contributed by atoms with Crippen molar-refractivity contribution in [2.24, 2.45) is 11.0 Å². The summed E-state index contributed by atoms with van der Waals surface area (Å²) in [4.78, 5) is 20.2. The van der Waals surface area contributed by atoms with Crippen LogP contribution < -0.4 is 10.6 Å². The third kappa shape index (κ3) is 2.55. The molecule has 1 aromatic heterocycles. The van der Waals surface area contributed by atoms with E-state index < -0.39 is 0 Å².